The average Bonchev–Trinajstić information content (AvgIpc) is 1.87. The highest BCUT2D eigenvalue weighted by Gasteiger charge is 2.26. The molecule has 0 aliphatic rings. The second-order valence-electron chi connectivity index (χ2n) is 1.33. The first-order chi connectivity index (χ1) is 4.87. The van der Waals surface area contributed by atoms with Gasteiger partial charge < -0.3 is 4.18 Å². The Balaban J connectivity index is 5.19. The molecular weight excluding hydrogens is 192 g/mol. The maximum absolute atomic E-state index is 10.5. The van der Waals surface area contributed by atoms with Crippen LogP contribution in [0.5, 0.6) is 0 Å². The van der Waals surface area contributed by atoms with Gasteiger partial charge in [0, 0.05) is 5.41 Å². The van der Waals surface area contributed by atoms with Crippen LogP contribution in [0.1, 0.15) is 0 Å². The van der Waals surface area contributed by atoms with Gasteiger partial charge in [0.1, 0.15) is 6.26 Å². The molecule has 0 spiro atoms. The Bertz CT molecular complexity index is 346. The average molecular weight is 198 g/mol. The first-order valence-corrected chi connectivity index (χ1v) is 5.76. The van der Waals surface area contributed by atoms with E-state index in [0.29, 0.717) is 6.26 Å². The molecule has 0 bridgehead atoms. The minimum absolute atomic E-state index is 0.284. The predicted molar refractivity (Wildman–Crippen MR) is 39.3 cm³/mol. The topological polar surface area (TPSA) is 77.5 Å². The Kier molecular flexibility index (Phi) is 2.83. The molecule has 0 aliphatic heterocycles. The maximum atomic E-state index is 10.5. The minimum Gasteiger partial charge on any atom is -0.380 e. The first-order valence-electron chi connectivity index (χ1n) is 2.29. The van der Waals surface area contributed by atoms with E-state index >= 15 is 0 Å². The van der Waals surface area contributed by atoms with E-state index in [0.717, 1.165) is 0 Å². The third-order valence-electron chi connectivity index (χ3n) is 0.675. The summed E-state index contributed by atoms with van der Waals surface area (Å²) in [6, 6.07) is 0. The lowest BCUT2D eigenvalue weighted by Crippen LogP contribution is -2.12. The molecule has 0 heterocycles. The summed E-state index contributed by atoms with van der Waals surface area (Å²) in [5.74, 6) is 0. The molecule has 11 heavy (non-hydrogen) atoms. The molecule has 0 rings (SSSR count). The van der Waals surface area contributed by atoms with Crippen molar-refractivity contribution in [2.75, 3.05) is 0 Å². The molecule has 64 valence electrons. The van der Waals surface area contributed by atoms with E-state index in [1.807, 2.05) is 0 Å². The van der Waals surface area contributed by atoms with Gasteiger partial charge in [-0.3, -0.25) is 0 Å². The van der Waals surface area contributed by atoms with Crippen LogP contribution in [0.15, 0.2) is 24.8 Å². The fraction of sp³-hybridized carbons (Fsp3) is 0. The standard InChI is InChI=1S/C4H6O5S2/c1-3-9-11(7,8)10(5,6)4-2/h3-4H,1-2H2. The van der Waals surface area contributed by atoms with Crippen molar-refractivity contribution in [1.29, 1.82) is 0 Å². The van der Waals surface area contributed by atoms with Crippen molar-refractivity contribution in [1.82, 2.24) is 0 Å². The highest BCUT2D eigenvalue weighted by Crippen LogP contribution is 2.06. The van der Waals surface area contributed by atoms with Gasteiger partial charge in [-0.15, -0.1) is 0 Å². The molecule has 0 aromatic heterocycles. The summed E-state index contributed by atoms with van der Waals surface area (Å²) in [5.41, 5.74) is 0. The molecule has 0 aliphatic carbocycles. The lowest BCUT2D eigenvalue weighted by atomic mass is 11.2. The largest absolute Gasteiger partial charge is 0.422 e. The molecule has 5 nitrogen and oxygen atoms in total. The summed E-state index contributed by atoms with van der Waals surface area (Å²) in [6.07, 6.45) is 0.510. The zero-order valence-corrected chi connectivity index (χ0v) is 7.06. The van der Waals surface area contributed by atoms with Gasteiger partial charge in [0.15, 0.2) is 0 Å². The van der Waals surface area contributed by atoms with Crippen molar-refractivity contribution in [3.8, 4) is 0 Å². The predicted octanol–water partition coefficient (Wildman–Crippen LogP) is -0.0504. The van der Waals surface area contributed by atoms with Gasteiger partial charge in [-0.25, -0.2) is 8.42 Å². The molecular formula is C4H6O5S2. The highest BCUT2D eigenvalue weighted by atomic mass is 33.2. The zero-order valence-electron chi connectivity index (χ0n) is 5.43. The van der Waals surface area contributed by atoms with Crippen LogP contribution in [0, 0.1) is 0 Å². The van der Waals surface area contributed by atoms with E-state index < -0.39 is 18.0 Å². The molecule has 0 atom stereocenters. The van der Waals surface area contributed by atoms with Crippen LogP contribution in [0.25, 0.3) is 0 Å². The van der Waals surface area contributed by atoms with Crippen LogP contribution < -0.4 is 0 Å². The van der Waals surface area contributed by atoms with Crippen LogP contribution in [-0.4, -0.2) is 16.8 Å². The fourth-order valence-electron chi connectivity index (χ4n) is 0.221. The lowest BCUT2D eigenvalue weighted by molar-refractivity contribution is 0.456. The second kappa shape index (κ2) is 3.05. The third-order valence-corrected chi connectivity index (χ3v) is 4.37. The molecule has 0 radical (unpaired) electrons. The first kappa shape index (κ1) is 10.2. The Morgan fingerprint density at radius 3 is 1.82 bits per heavy atom. The summed E-state index contributed by atoms with van der Waals surface area (Å²) in [4.78, 5) is 0. The summed E-state index contributed by atoms with van der Waals surface area (Å²) in [6.45, 7) is 5.69. The molecule has 0 unspecified atom stereocenters. The number of hydrogen-bond donors (Lipinski definition) is 0. The minimum atomic E-state index is -4.62. The Morgan fingerprint density at radius 2 is 1.55 bits per heavy atom. The Labute approximate surface area is 64.4 Å². The molecule has 0 saturated heterocycles. The van der Waals surface area contributed by atoms with Crippen molar-refractivity contribution < 1.29 is 21.0 Å². The van der Waals surface area contributed by atoms with Crippen LogP contribution in [-0.2, 0) is 22.2 Å². The van der Waals surface area contributed by atoms with E-state index in [-0.39, 0.29) is 5.41 Å². The molecule has 0 saturated carbocycles. The molecule has 0 amide bonds. The van der Waals surface area contributed by atoms with Crippen molar-refractivity contribution in [3.05, 3.63) is 24.8 Å². The molecule has 0 fully saturated rings. The monoisotopic (exact) mass is 198 g/mol. The van der Waals surface area contributed by atoms with E-state index in [2.05, 4.69) is 17.3 Å². The van der Waals surface area contributed by atoms with Crippen LogP contribution in [0.4, 0.5) is 0 Å². The SMILES string of the molecule is C=COS(=O)(=O)S(=O)(=O)C=C. The van der Waals surface area contributed by atoms with Crippen LogP contribution >= 0.6 is 0 Å². The second-order valence-corrected chi connectivity index (χ2v) is 6.28. The molecule has 0 aromatic rings. The normalized spacial score (nSPS) is 12.0. The van der Waals surface area contributed by atoms with Gasteiger partial charge in [0.05, 0.1) is 0 Å². The van der Waals surface area contributed by atoms with Gasteiger partial charge >= 0.3 is 18.0 Å². The van der Waals surface area contributed by atoms with Gasteiger partial charge in [-0.2, -0.15) is 8.42 Å². The van der Waals surface area contributed by atoms with Gasteiger partial charge in [0.2, 0.25) is 0 Å². The lowest BCUT2D eigenvalue weighted by Gasteiger charge is -1.97. The number of rotatable bonds is 4. The van der Waals surface area contributed by atoms with Crippen molar-refractivity contribution in [3.63, 3.8) is 0 Å². The third kappa shape index (κ3) is 2.05. The summed E-state index contributed by atoms with van der Waals surface area (Å²) in [5, 5.41) is 0.284. The zero-order chi connectivity index (χ0) is 9.12. The van der Waals surface area contributed by atoms with E-state index in [1.165, 1.54) is 0 Å². The van der Waals surface area contributed by atoms with Gasteiger partial charge in [-0.1, -0.05) is 13.2 Å². The van der Waals surface area contributed by atoms with Crippen LogP contribution in [0.3, 0.4) is 0 Å². The smallest absolute Gasteiger partial charge is 0.380 e. The highest BCUT2D eigenvalue weighted by molar-refractivity contribution is 8.66. The Hall–Kier alpha value is -0.820. The van der Waals surface area contributed by atoms with Crippen molar-refractivity contribution in [2.24, 2.45) is 0 Å². The van der Waals surface area contributed by atoms with E-state index in [1.54, 1.807) is 0 Å². The van der Waals surface area contributed by atoms with E-state index in [9.17, 15) is 16.8 Å². The van der Waals surface area contributed by atoms with E-state index in [4.69, 9.17) is 0 Å². The van der Waals surface area contributed by atoms with Crippen molar-refractivity contribution >= 4 is 18.0 Å². The van der Waals surface area contributed by atoms with Gasteiger partial charge in [0.25, 0.3) is 0 Å². The molecule has 0 N–H and O–H groups in total. The fourth-order valence-corrected chi connectivity index (χ4v) is 1.66. The Morgan fingerprint density at radius 1 is 1.09 bits per heavy atom. The maximum Gasteiger partial charge on any atom is 0.422 e. The summed E-state index contributed by atoms with van der Waals surface area (Å²) in [7, 11) is -9.04. The van der Waals surface area contributed by atoms with Gasteiger partial charge in [-0.05, 0) is 0 Å². The number of hydrogen-bond acceptors (Lipinski definition) is 5. The summed E-state index contributed by atoms with van der Waals surface area (Å²) >= 11 is 0. The quantitative estimate of drug-likeness (QED) is 0.467. The summed E-state index contributed by atoms with van der Waals surface area (Å²) < 4.78 is 45.9. The van der Waals surface area contributed by atoms with Crippen LogP contribution in [0.2, 0.25) is 0 Å². The molecule has 0 aromatic carbocycles. The molecule has 7 heteroatoms. The van der Waals surface area contributed by atoms with Crippen molar-refractivity contribution in [2.45, 2.75) is 0 Å².